The van der Waals surface area contributed by atoms with Crippen LogP contribution in [0.2, 0.25) is 0 Å². The van der Waals surface area contributed by atoms with Gasteiger partial charge in [-0.3, -0.25) is 0 Å². The molecule has 0 aliphatic rings. The van der Waals surface area contributed by atoms with E-state index in [1.165, 1.54) is 0 Å². The second-order valence-electron chi connectivity index (χ2n) is 4.27. The SMILES string of the molecule is CC(C)Oc1ccc([C@@H](N)CCCN)cc1.Cl. The van der Waals surface area contributed by atoms with Crippen molar-refractivity contribution in [3.63, 3.8) is 0 Å². The molecular weight excluding hydrogens is 236 g/mol. The minimum absolute atomic E-state index is 0. The van der Waals surface area contributed by atoms with Crippen LogP contribution in [0.1, 0.15) is 38.3 Å². The van der Waals surface area contributed by atoms with Gasteiger partial charge in [0, 0.05) is 6.04 Å². The normalized spacial score (nSPS) is 12.1. The molecule has 0 aliphatic carbocycles. The second-order valence-corrected chi connectivity index (χ2v) is 4.27. The molecule has 0 aliphatic heterocycles. The van der Waals surface area contributed by atoms with Crippen molar-refractivity contribution in [1.29, 1.82) is 0 Å². The highest BCUT2D eigenvalue weighted by Crippen LogP contribution is 2.19. The van der Waals surface area contributed by atoms with Crippen molar-refractivity contribution in [2.45, 2.75) is 38.8 Å². The number of ether oxygens (including phenoxy) is 1. The van der Waals surface area contributed by atoms with Gasteiger partial charge in [-0.1, -0.05) is 12.1 Å². The van der Waals surface area contributed by atoms with Crippen LogP contribution in [-0.4, -0.2) is 12.6 Å². The Morgan fingerprint density at radius 3 is 2.24 bits per heavy atom. The zero-order valence-corrected chi connectivity index (χ0v) is 11.4. The summed E-state index contributed by atoms with van der Waals surface area (Å²) in [5, 5.41) is 0. The van der Waals surface area contributed by atoms with E-state index in [-0.39, 0.29) is 24.6 Å². The summed E-state index contributed by atoms with van der Waals surface area (Å²) >= 11 is 0. The summed E-state index contributed by atoms with van der Waals surface area (Å²) in [5.74, 6) is 0.893. The minimum atomic E-state index is 0. The van der Waals surface area contributed by atoms with Crippen molar-refractivity contribution in [2.24, 2.45) is 11.5 Å². The highest BCUT2D eigenvalue weighted by atomic mass is 35.5. The van der Waals surface area contributed by atoms with Gasteiger partial charge in [0.05, 0.1) is 6.10 Å². The van der Waals surface area contributed by atoms with Gasteiger partial charge in [0.1, 0.15) is 5.75 Å². The molecule has 1 atom stereocenters. The van der Waals surface area contributed by atoms with Gasteiger partial charge in [0.25, 0.3) is 0 Å². The Bertz CT molecular complexity index is 301. The summed E-state index contributed by atoms with van der Waals surface area (Å²) in [4.78, 5) is 0. The second kappa shape index (κ2) is 8.34. The molecule has 1 aromatic rings. The summed E-state index contributed by atoms with van der Waals surface area (Å²) in [6.07, 6.45) is 2.10. The fourth-order valence-electron chi connectivity index (χ4n) is 1.57. The first-order chi connectivity index (χ1) is 7.63. The first-order valence-corrected chi connectivity index (χ1v) is 5.85. The topological polar surface area (TPSA) is 61.3 Å². The van der Waals surface area contributed by atoms with Crippen molar-refractivity contribution in [3.05, 3.63) is 29.8 Å². The monoisotopic (exact) mass is 258 g/mol. The van der Waals surface area contributed by atoms with Gasteiger partial charge in [0.15, 0.2) is 0 Å². The number of hydrogen-bond donors (Lipinski definition) is 2. The number of hydrogen-bond acceptors (Lipinski definition) is 3. The zero-order valence-electron chi connectivity index (χ0n) is 10.6. The lowest BCUT2D eigenvalue weighted by atomic mass is 10.0. The van der Waals surface area contributed by atoms with E-state index in [2.05, 4.69) is 0 Å². The molecular formula is C13H23ClN2O. The number of nitrogens with two attached hydrogens (primary N) is 2. The number of rotatable bonds is 6. The summed E-state index contributed by atoms with van der Waals surface area (Å²) in [6, 6.07) is 8.07. The van der Waals surface area contributed by atoms with Crippen LogP contribution >= 0.6 is 12.4 Å². The molecule has 0 fully saturated rings. The maximum Gasteiger partial charge on any atom is 0.119 e. The standard InChI is InChI=1S/C13H22N2O.ClH/c1-10(2)16-12-7-5-11(6-8-12)13(15)4-3-9-14;/h5-8,10,13H,3-4,9,14-15H2,1-2H3;1H/t13-;/m0./s1. The van der Waals surface area contributed by atoms with E-state index < -0.39 is 0 Å². The van der Waals surface area contributed by atoms with E-state index in [0.29, 0.717) is 6.54 Å². The van der Waals surface area contributed by atoms with Crippen LogP contribution in [0.15, 0.2) is 24.3 Å². The molecule has 98 valence electrons. The molecule has 1 rings (SSSR count). The third-order valence-corrected chi connectivity index (χ3v) is 2.40. The van der Waals surface area contributed by atoms with Gasteiger partial charge in [-0.05, 0) is 50.9 Å². The summed E-state index contributed by atoms with van der Waals surface area (Å²) in [5.41, 5.74) is 12.6. The highest BCUT2D eigenvalue weighted by Gasteiger charge is 2.05. The lowest BCUT2D eigenvalue weighted by Gasteiger charge is -2.13. The van der Waals surface area contributed by atoms with E-state index in [0.717, 1.165) is 24.2 Å². The Hall–Kier alpha value is -0.770. The Morgan fingerprint density at radius 2 is 1.76 bits per heavy atom. The van der Waals surface area contributed by atoms with Gasteiger partial charge < -0.3 is 16.2 Å². The highest BCUT2D eigenvalue weighted by molar-refractivity contribution is 5.85. The number of halogens is 1. The zero-order chi connectivity index (χ0) is 12.0. The van der Waals surface area contributed by atoms with Crippen LogP contribution < -0.4 is 16.2 Å². The fourth-order valence-corrected chi connectivity index (χ4v) is 1.57. The molecule has 0 radical (unpaired) electrons. The van der Waals surface area contributed by atoms with Crippen LogP contribution in [0.25, 0.3) is 0 Å². The average molecular weight is 259 g/mol. The molecule has 4 N–H and O–H groups in total. The van der Waals surface area contributed by atoms with E-state index in [4.69, 9.17) is 16.2 Å². The fraction of sp³-hybridized carbons (Fsp3) is 0.538. The summed E-state index contributed by atoms with van der Waals surface area (Å²) in [7, 11) is 0. The van der Waals surface area contributed by atoms with Crippen LogP contribution in [0.4, 0.5) is 0 Å². The average Bonchev–Trinajstić information content (AvgIpc) is 2.26. The van der Waals surface area contributed by atoms with Crippen molar-refractivity contribution in [2.75, 3.05) is 6.54 Å². The lowest BCUT2D eigenvalue weighted by molar-refractivity contribution is 0.242. The maximum absolute atomic E-state index is 6.04. The van der Waals surface area contributed by atoms with E-state index in [1.807, 2.05) is 38.1 Å². The molecule has 3 nitrogen and oxygen atoms in total. The molecule has 4 heteroatoms. The van der Waals surface area contributed by atoms with Gasteiger partial charge in [-0.25, -0.2) is 0 Å². The van der Waals surface area contributed by atoms with Crippen molar-refractivity contribution in [3.8, 4) is 5.75 Å². The minimum Gasteiger partial charge on any atom is -0.491 e. The largest absolute Gasteiger partial charge is 0.491 e. The van der Waals surface area contributed by atoms with E-state index in [9.17, 15) is 0 Å². The van der Waals surface area contributed by atoms with Crippen LogP contribution in [0, 0.1) is 0 Å². The molecule has 0 saturated heterocycles. The summed E-state index contributed by atoms with van der Waals surface area (Å²) in [6.45, 7) is 4.73. The van der Waals surface area contributed by atoms with Gasteiger partial charge in [-0.15, -0.1) is 12.4 Å². The Kier molecular flexibility index (Phi) is 7.96. The Labute approximate surface area is 110 Å². The third-order valence-electron chi connectivity index (χ3n) is 2.40. The van der Waals surface area contributed by atoms with Crippen LogP contribution in [0.3, 0.4) is 0 Å². The molecule has 1 aromatic carbocycles. The van der Waals surface area contributed by atoms with E-state index >= 15 is 0 Å². The first kappa shape index (κ1) is 16.2. The van der Waals surface area contributed by atoms with Gasteiger partial charge in [0.2, 0.25) is 0 Å². The number of benzene rings is 1. The molecule has 0 heterocycles. The molecule has 0 aromatic heterocycles. The summed E-state index contributed by atoms with van der Waals surface area (Å²) < 4.78 is 5.57. The molecule has 0 unspecified atom stereocenters. The van der Waals surface area contributed by atoms with Crippen LogP contribution in [-0.2, 0) is 0 Å². The molecule has 0 spiro atoms. The van der Waals surface area contributed by atoms with Gasteiger partial charge in [-0.2, -0.15) is 0 Å². The molecule has 0 amide bonds. The maximum atomic E-state index is 6.04. The Balaban J connectivity index is 0.00000256. The van der Waals surface area contributed by atoms with E-state index in [1.54, 1.807) is 0 Å². The quantitative estimate of drug-likeness (QED) is 0.825. The lowest BCUT2D eigenvalue weighted by Crippen LogP contribution is -2.12. The van der Waals surface area contributed by atoms with Crippen molar-refractivity contribution < 1.29 is 4.74 Å². The third kappa shape index (κ3) is 5.91. The van der Waals surface area contributed by atoms with Crippen LogP contribution in [0.5, 0.6) is 5.75 Å². The molecule has 17 heavy (non-hydrogen) atoms. The Morgan fingerprint density at radius 1 is 1.18 bits per heavy atom. The predicted molar refractivity (Wildman–Crippen MR) is 74.7 cm³/mol. The first-order valence-electron chi connectivity index (χ1n) is 5.85. The predicted octanol–water partition coefficient (Wildman–Crippen LogP) is 2.63. The molecule has 0 saturated carbocycles. The smallest absolute Gasteiger partial charge is 0.119 e. The van der Waals surface area contributed by atoms with Crippen molar-refractivity contribution in [1.82, 2.24) is 0 Å². The van der Waals surface area contributed by atoms with Crippen molar-refractivity contribution >= 4 is 12.4 Å². The molecule has 0 bridgehead atoms. The van der Waals surface area contributed by atoms with Gasteiger partial charge >= 0.3 is 0 Å².